The molecular formula is C24H34O6S. The molecule has 0 aliphatic carbocycles. The van der Waals surface area contributed by atoms with E-state index in [1.165, 1.54) is 19.1 Å². The highest BCUT2D eigenvalue weighted by molar-refractivity contribution is 7.86. The summed E-state index contributed by atoms with van der Waals surface area (Å²) in [5.74, 6) is 0.176. The zero-order valence-corrected chi connectivity index (χ0v) is 20.2. The van der Waals surface area contributed by atoms with Crippen LogP contribution < -0.4 is 0 Å². The van der Waals surface area contributed by atoms with Gasteiger partial charge in [-0.2, -0.15) is 8.42 Å². The Morgan fingerprint density at radius 3 is 1.81 bits per heavy atom. The van der Waals surface area contributed by atoms with Gasteiger partial charge >= 0.3 is 0 Å². The van der Waals surface area contributed by atoms with E-state index in [0.29, 0.717) is 11.5 Å². The molecule has 6 nitrogen and oxygen atoms in total. The van der Waals surface area contributed by atoms with Crippen molar-refractivity contribution in [2.45, 2.75) is 58.3 Å². The Labute approximate surface area is 186 Å². The number of hydrogen-bond donors (Lipinski definition) is 0. The van der Waals surface area contributed by atoms with Gasteiger partial charge in [0.15, 0.2) is 12.1 Å². The molecule has 0 heterocycles. The van der Waals surface area contributed by atoms with E-state index in [4.69, 9.17) is 4.18 Å². The molecule has 0 saturated carbocycles. The molecule has 0 radical (unpaired) electrons. The summed E-state index contributed by atoms with van der Waals surface area (Å²) in [6.45, 7) is 9.41. The van der Waals surface area contributed by atoms with Crippen molar-refractivity contribution in [3.63, 3.8) is 0 Å². The van der Waals surface area contributed by atoms with E-state index in [-0.39, 0.29) is 17.0 Å². The fourth-order valence-corrected chi connectivity index (χ4v) is 3.65. The highest BCUT2D eigenvalue weighted by atomic mass is 32.2. The van der Waals surface area contributed by atoms with Crippen LogP contribution >= 0.6 is 0 Å². The summed E-state index contributed by atoms with van der Waals surface area (Å²) >= 11 is 0. The first-order valence-electron chi connectivity index (χ1n) is 10.2. The third-order valence-electron chi connectivity index (χ3n) is 4.50. The average Bonchev–Trinajstić information content (AvgIpc) is 2.73. The minimum absolute atomic E-state index is 0.0463. The van der Waals surface area contributed by atoms with Gasteiger partial charge in [0.1, 0.15) is 6.10 Å². The normalized spacial score (nSPS) is 12.4. The molecule has 0 bridgehead atoms. The summed E-state index contributed by atoms with van der Waals surface area (Å²) in [4.78, 5) is 12.5. The summed E-state index contributed by atoms with van der Waals surface area (Å²) in [7, 11) is -0.764. The first-order valence-corrected chi connectivity index (χ1v) is 11.6. The van der Waals surface area contributed by atoms with Crippen molar-refractivity contribution in [2.75, 3.05) is 14.2 Å². The molecular weight excluding hydrogens is 416 g/mol. The fraction of sp³-hybridized carbons (Fsp3) is 0.458. The van der Waals surface area contributed by atoms with Gasteiger partial charge in [-0.15, -0.1) is 0 Å². The van der Waals surface area contributed by atoms with E-state index in [0.717, 1.165) is 17.5 Å². The number of ether oxygens (including phenoxy) is 2. The molecule has 0 N–H and O–H groups in total. The SMILES string of the molecule is COC(C)OC.Cc1ccc(S(=O)(=O)OC(C)C(=O)c2ccc(CC(C)C)cc2)cc1. The highest BCUT2D eigenvalue weighted by Crippen LogP contribution is 2.18. The first kappa shape index (κ1) is 27.0. The third kappa shape index (κ3) is 9.31. The van der Waals surface area contributed by atoms with E-state index in [1.54, 1.807) is 38.5 Å². The number of rotatable bonds is 9. The van der Waals surface area contributed by atoms with Gasteiger partial charge in [-0.3, -0.25) is 8.98 Å². The van der Waals surface area contributed by atoms with Gasteiger partial charge in [0.05, 0.1) is 4.90 Å². The molecule has 2 aromatic rings. The maximum Gasteiger partial charge on any atom is 0.297 e. The molecule has 0 aliphatic rings. The lowest BCUT2D eigenvalue weighted by atomic mass is 10.00. The number of carbonyl (C=O) groups excluding carboxylic acids is 1. The van der Waals surface area contributed by atoms with Crippen molar-refractivity contribution in [1.82, 2.24) is 0 Å². The zero-order chi connectivity index (χ0) is 23.6. The lowest BCUT2D eigenvalue weighted by Gasteiger charge is -2.13. The van der Waals surface area contributed by atoms with Crippen LogP contribution in [-0.2, 0) is 30.2 Å². The lowest BCUT2D eigenvalue weighted by molar-refractivity contribution is -0.0877. The van der Waals surface area contributed by atoms with Crippen LogP contribution in [-0.4, -0.2) is 40.8 Å². The van der Waals surface area contributed by atoms with Gasteiger partial charge in [0.2, 0.25) is 0 Å². The standard InChI is InChI=1S/C20H24O4S.C4H10O2/c1-14(2)13-17-7-9-18(10-8-17)20(21)16(4)24-25(22,23)19-11-5-15(3)6-12-19;1-4(5-2)6-3/h5-12,14,16H,13H2,1-4H3;4H,1-3H3. The zero-order valence-electron chi connectivity index (χ0n) is 19.4. The van der Waals surface area contributed by atoms with Crippen LogP contribution in [0.4, 0.5) is 0 Å². The Hall–Kier alpha value is -2.06. The van der Waals surface area contributed by atoms with Crippen molar-refractivity contribution in [1.29, 1.82) is 0 Å². The van der Waals surface area contributed by atoms with Crippen molar-refractivity contribution >= 4 is 15.9 Å². The van der Waals surface area contributed by atoms with Gasteiger partial charge in [-0.25, -0.2) is 0 Å². The van der Waals surface area contributed by atoms with Crippen LogP contribution in [0.15, 0.2) is 53.4 Å². The second-order valence-corrected chi connectivity index (χ2v) is 9.28. The van der Waals surface area contributed by atoms with Gasteiger partial charge in [0, 0.05) is 19.8 Å². The van der Waals surface area contributed by atoms with Crippen LogP contribution in [0.25, 0.3) is 0 Å². The topological polar surface area (TPSA) is 78.9 Å². The van der Waals surface area contributed by atoms with Gasteiger partial charge in [-0.1, -0.05) is 55.8 Å². The van der Waals surface area contributed by atoms with Crippen LogP contribution in [0, 0.1) is 12.8 Å². The van der Waals surface area contributed by atoms with Crippen LogP contribution in [0.5, 0.6) is 0 Å². The molecule has 0 aliphatic heterocycles. The van der Waals surface area contributed by atoms with E-state index in [1.807, 2.05) is 26.0 Å². The number of aryl methyl sites for hydroxylation is 1. The summed E-state index contributed by atoms with van der Waals surface area (Å²) in [6.07, 6.45) is -0.213. The predicted octanol–water partition coefficient (Wildman–Crippen LogP) is 4.80. The maximum absolute atomic E-state index is 12.5. The molecule has 2 rings (SSSR count). The number of methoxy groups -OCH3 is 2. The Kier molecular flexibility index (Phi) is 11.1. The molecule has 31 heavy (non-hydrogen) atoms. The molecule has 0 fully saturated rings. The van der Waals surface area contributed by atoms with E-state index in [2.05, 4.69) is 23.3 Å². The molecule has 172 valence electrons. The molecule has 2 aromatic carbocycles. The molecule has 0 aromatic heterocycles. The summed E-state index contributed by atoms with van der Waals surface area (Å²) in [5, 5.41) is 0. The van der Waals surface area contributed by atoms with Gasteiger partial charge in [0.25, 0.3) is 10.1 Å². The Balaban J connectivity index is 0.000000703. The Morgan fingerprint density at radius 2 is 1.39 bits per heavy atom. The van der Waals surface area contributed by atoms with Crippen LogP contribution in [0.1, 0.15) is 49.2 Å². The van der Waals surface area contributed by atoms with Gasteiger partial charge < -0.3 is 9.47 Å². The summed E-state index contributed by atoms with van der Waals surface area (Å²) < 4.78 is 39.0. The largest absolute Gasteiger partial charge is 0.356 e. The van der Waals surface area contributed by atoms with E-state index < -0.39 is 16.2 Å². The molecule has 1 unspecified atom stereocenters. The predicted molar refractivity (Wildman–Crippen MR) is 122 cm³/mol. The quantitative estimate of drug-likeness (QED) is 0.310. The maximum atomic E-state index is 12.5. The minimum atomic E-state index is -3.97. The number of ketones is 1. The van der Waals surface area contributed by atoms with Gasteiger partial charge in [-0.05, 0) is 50.8 Å². The Bertz CT molecular complexity index is 898. The van der Waals surface area contributed by atoms with Crippen LogP contribution in [0.2, 0.25) is 0 Å². The number of benzene rings is 2. The van der Waals surface area contributed by atoms with E-state index >= 15 is 0 Å². The number of carbonyl (C=O) groups is 1. The molecule has 0 spiro atoms. The first-order chi connectivity index (χ1) is 14.5. The van der Waals surface area contributed by atoms with Crippen LogP contribution in [0.3, 0.4) is 0 Å². The second kappa shape index (κ2) is 12.7. The van der Waals surface area contributed by atoms with Crippen molar-refractivity contribution in [3.05, 3.63) is 65.2 Å². The highest BCUT2D eigenvalue weighted by Gasteiger charge is 2.24. The average molecular weight is 451 g/mol. The third-order valence-corrected chi connectivity index (χ3v) is 5.89. The summed E-state index contributed by atoms with van der Waals surface area (Å²) in [5.41, 5.74) is 2.54. The molecule has 1 atom stereocenters. The smallest absolute Gasteiger partial charge is 0.297 e. The minimum Gasteiger partial charge on any atom is -0.356 e. The van der Waals surface area contributed by atoms with E-state index in [9.17, 15) is 13.2 Å². The monoisotopic (exact) mass is 450 g/mol. The number of hydrogen-bond acceptors (Lipinski definition) is 6. The van der Waals surface area contributed by atoms with Crippen molar-refractivity contribution in [2.24, 2.45) is 5.92 Å². The van der Waals surface area contributed by atoms with Crippen molar-refractivity contribution < 1.29 is 26.9 Å². The van der Waals surface area contributed by atoms with Crippen molar-refractivity contribution in [3.8, 4) is 0 Å². The second-order valence-electron chi connectivity index (χ2n) is 7.70. The molecule has 0 amide bonds. The molecule has 0 saturated heterocycles. The summed E-state index contributed by atoms with van der Waals surface area (Å²) in [6, 6.07) is 13.6. The Morgan fingerprint density at radius 1 is 0.871 bits per heavy atom. The number of Topliss-reactive ketones (excluding diaryl/α,β-unsaturated/α-hetero) is 1. The molecule has 7 heteroatoms. The fourth-order valence-electron chi connectivity index (χ4n) is 2.60. The lowest BCUT2D eigenvalue weighted by Crippen LogP contribution is -2.24.